The molecular formula is C14H15ClN2O3. The van der Waals surface area contributed by atoms with E-state index in [1.54, 1.807) is 6.07 Å². The van der Waals surface area contributed by atoms with Gasteiger partial charge in [-0.2, -0.15) is 0 Å². The largest absolute Gasteiger partial charge is 0.349 e. The smallest absolute Gasteiger partial charge is 0.300 e. The van der Waals surface area contributed by atoms with Crippen LogP contribution < -0.4 is 5.32 Å². The van der Waals surface area contributed by atoms with E-state index in [0.717, 1.165) is 12.8 Å². The maximum atomic E-state index is 12.3. The zero-order valence-corrected chi connectivity index (χ0v) is 11.6. The average molecular weight is 295 g/mol. The van der Waals surface area contributed by atoms with Crippen molar-refractivity contribution in [2.45, 2.75) is 31.7 Å². The molecule has 20 heavy (non-hydrogen) atoms. The van der Waals surface area contributed by atoms with Gasteiger partial charge in [0.05, 0.1) is 4.92 Å². The highest BCUT2D eigenvalue weighted by Gasteiger charge is 2.40. The third-order valence-corrected chi connectivity index (χ3v) is 4.77. The lowest BCUT2D eigenvalue weighted by molar-refractivity contribution is -0.385. The summed E-state index contributed by atoms with van der Waals surface area (Å²) in [7, 11) is 0. The minimum Gasteiger partial charge on any atom is -0.349 e. The number of nitro benzene ring substituents is 1. The van der Waals surface area contributed by atoms with Crippen LogP contribution in [0.1, 0.15) is 36.0 Å². The highest BCUT2D eigenvalue weighted by atomic mass is 35.5. The van der Waals surface area contributed by atoms with Crippen molar-refractivity contribution in [1.82, 2.24) is 5.32 Å². The first-order valence-electron chi connectivity index (χ1n) is 6.80. The van der Waals surface area contributed by atoms with Crippen LogP contribution in [0.2, 0.25) is 5.02 Å². The maximum Gasteiger partial charge on any atom is 0.300 e. The number of halogens is 1. The average Bonchev–Trinajstić information content (AvgIpc) is 3.00. The Morgan fingerprint density at radius 2 is 2.15 bits per heavy atom. The number of hydrogen-bond donors (Lipinski definition) is 1. The van der Waals surface area contributed by atoms with E-state index in [1.165, 1.54) is 25.0 Å². The van der Waals surface area contributed by atoms with Crippen LogP contribution in [0.3, 0.4) is 0 Å². The lowest BCUT2D eigenvalue weighted by Crippen LogP contribution is -2.38. The summed E-state index contributed by atoms with van der Waals surface area (Å²) in [6.45, 7) is 0. The first-order valence-corrected chi connectivity index (χ1v) is 7.18. The summed E-state index contributed by atoms with van der Waals surface area (Å²) >= 11 is 5.83. The molecule has 0 saturated heterocycles. The quantitative estimate of drug-likeness (QED) is 0.687. The molecule has 1 amide bonds. The van der Waals surface area contributed by atoms with Gasteiger partial charge in [0.2, 0.25) is 0 Å². The molecule has 3 atom stereocenters. The van der Waals surface area contributed by atoms with Gasteiger partial charge in [-0.25, -0.2) is 0 Å². The van der Waals surface area contributed by atoms with Gasteiger partial charge in [-0.05, 0) is 43.2 Å². The molecule has 0 radical (unpaired) electrons. The second kappa shape index (κ2) is 5.05. The van der Waals surface area contributed by atoms with E-state index < -0.39 is 10.8 Å². The topological polar surface area (TPSA) is 72.2 Å². The van der Waals surface area contributed by atoms with E-state index in [2.05, 4.69) is 5.32 Å². The van der Waals surface area contributed by atoms with Crippen LogP contribution in [0.5, 0.6) is 0 Å². The standard InChI is InChI=1S/C14H15ClN2O3/c15-11-3-1-2-10(13(11)17(19)20)14(18)16-12-7-8-4-5-9(12)6-8/h1-3,8-9,12H,4-7H2,(H,16,18). The first-order chi connectivity index (χ1) is 9.56. The molecular weight excluding hydrogens is 280 g/mol. The Labute approximate surface area is 121 Å². The van der Waals surface area contributed by atoms with Crippen molar-refractivity contribution in [2.24, 2.45) is 11.8 Å². The molecule has 2 aliphatic rings. The van der Waals surface area contributed by atoms with Gasteiger partial charge in [0.15, 0.2) is 0 Å². The molecule has 1 aromatic carbocycles. The number of carbonyl (C=O) groups excluding carboxylic acids is 1. The number of nitrogens with zero attached hydrogens (tertiary/aromatic N) is 1. The lowest BCUT2D eigenvalue weighted by Gasteiger charge is -2.22. The van der Waals surface area contributed by atoms with Gasteiger partial charge in [0.1, 0.15) is 10.6 Å². The molecule has 2 saturated carbocycles. The molecule has 6 heteroatoms. The molecule has 2 aliphatic carbocycles. The van der Waals surface area contributed by atoms with Crippen molar-refractivity contribution in [1.29, 1.82) is 0 Å². The van der Waals surface area contributed by atoms with Crippen LogP contribution >= 0.6 is 11.6 Å². The lowest BCUT2D eigenvalue weighted by atomic mass is 9.95. The van der Waals surface area contributed by atoms with Crippen molar-refractivity contribution in [3.8, 4) is 0 Å². The molecule has 0 aromatic heterocycles. The minimum atomic E-state index is -0.599. The number of para-hydroxylation sites is 1. The van der Waals surface area contributed by atoms with Crippen molar-refractivity contribution in [3.05, 3.63) is 38.9 Å². The van der Waals surface area contributed by atoms with Crippen molar-refractivity contribution in [3.63, 3.8) is 0 Å². The van der Waals surface area contributed by atoms with Crippen LogP contribution in [0.15, 0.2) is 18.2 Å². The van der Waals surface area contributed by atoms with Crippen molar-refractivity contribution in [2.75, 3.05) is 0 Å². The highest BCUT2D eigenvalue weighted by molar-refractivity contribution is 6.33. The summed E-state index contributed by atoms with van der Waals surface area (Å²) in [4.78, 5) is 22.7. The SMILES string of the molecule is O=C(NC1CC2CCC1C2)c1cccc(Cl)c1[N+](=O)[O-]. The van der Waals surface area contributed by atoms with Crippen LogP contribution in [0.4, 0.5) is 5.69 Å². The number of carbonyl (C=O) groups is 1. The molecule has 5 nitrogen and oxygen atoms in total. The molecule has 106 valence electrons. The predicted molar refractivity (Wildman–Crippen MR) is 74.8 cm³/mol. The Balaban J connectivity index is 1.81. The van der Waals surface area contributed by atoms with Gasteiger partial charge in [-0.1, -0.05) is 24.1 Å². The normalized spacial score (nSPS) is 27.6. The molecule has 0 spiro atoms. The highest BCUT2D eigenvalue weighted by Crippen LogP contribution is 2.44. The van der Waals surface area contributed by atoms with Gasteiger partial charge in [0.25, 0.3) is 5.91 Å². The molecule has 1 N–H and O–H groups in total. The predicted octanol–water partition coefficient (Wildman–Crippen LogP) is 3.17. The second-order valence-corrected chi connectivity index (χ2v) is 6.06. The van der Waals surface area contributed by atoms with E-state index in [0.29, 0.717) is 11.8 Å². The Morgan fingerprint density at radius 3 is 2.75 bits per heavy atom. The monoisotopic (exact) mass is 294 g/mol. The Hall–Kier alpha value is -1.62. The molecule has 1 aromatic rings. The molecule has 2 bridgehead atoms. The van der Waals surface area contributed by atoms with Crippen LogP contribution in [0, 0.1) is 22.0 Å². The van der Waals surface area contributed by atoms with Gasteiger partial charge < -0.3 is 5.32 Å². The number of nitro groups is 1. The summed E-state index contributed by atoms with van der Waals surface area (Å²) in [6.07, 6.45) is 4.55. The third kappa shape index (κ3) is 2.26. The number of nitrogens with one attached hydrogen (secondary N) is 1. The third-order valence-electron chi connectivity index (χ3n) is 4.47. The number of amides is 1. The van der Waals surface area contributed by atoms with Crippen LogP contribution in [-0.4, -0.2) is 16.9 Å². The van der Waals surface area contributed by atoms with Crippen LogP contribution in [-0.2, 0) is 0 Å². The zero-order chi connectivity index (χ0) is 14.3. The zero-order valence-electron chi connectivity index (χ0n) is 10.8. The Bertz CT molecular complexity index is 576. The Morgan fingerprint density at radius 1 is 1.35 bits per heavy atom. The fourth-order valence-electron chi connectivity index (χ4n) is 3.55. The molecule has 0 aliphatic heterocycles. The summed E-state index contributed by atoms with van der Waals surface area (Å²) in [5.74, 6) is 0.846. The second-order valence-electron chi connectivity index (χ2n) is 5.65. The summed E-state index contributed by atoms with van der Waals surface area (Å²) in [5.41, 5.74) is -0.264. The van der Waals surface area contributed by atoms with Crippen molar-refractivity contribution >= 4 is 23.2 Å². The number of hydrogen-bond acceptors (Lipinski definition) is 3. The molecule has 0 heterocycles. The summed E-state index contributed by atoms with van der Waals surface area (Å²) < 4.78 is 0. The van der Waals surface area contributed by atoms with Crippen molar-refractivity contribution < 1.29 is 9.72 Å². The molecule has 3 rings (SSSR count). The summed E-state index contributed by atoms with van der Waals surface area (Å²) in [5, 5.41) is 14.0. The summed E-state index contributed by atoms with van der Waals surface area (Å²) in [6, 6.07) is 4.59. The van der Waals surface area contributed by atoms with Crippen LogP contribution in [0.25, 0.3) is 0 Å². The minimum absolute atomic E-state index is 0.00408. The van der Waals surface area contributed by atoms with E-state index in [9.17, 15) is 14.9 Å². The number of rotatable bonds is 3. The van der Waals surface area contributed by atoms with Gasteiger partial charge in [-0.3, -0.25) is 14.9 Å². The van der Waals surface area contributed by atoms with Gasteiger partial charge in [-0.15, -0.1) is 0 Å². The fraction of sp³-hybridized carbons (Fsp3) is 0.500. The van der Waals surface area contributed by atoms with E-state index in [-0.39, 0.29) is 22.3 Å². The molecule has 3 unspecified atom stereocenters. The maximum absolute atomic E-state index is 12.3. The fourth-order valence-corrected chi connectivity index (χ4v) is 3.80. The van der Waals surface area contributed by atoms with E-state index >= 15 is 0 Å². The van der Waals surface area contributed by atoms with E-state index in [4.69, 9.17) is 11.6 Å². The number of fused-ring (bicyclic) bond motifs is 2. The van der Waals surface area contributed by atoms with Gasteiger partial charge in [0, 0.05) is 6.04 Å². The first kappa shape index (κ1) is 13.4. The number of benzene rings is 1. The van der Waals surface area contributed by atoms with Gasteiger partial charge >= 0.3 is 5.69 Å². The molecule has 2 fully saturated rings. The van der Waals surface area contributed by atoms with E-state index in [1.807, 2.05) is 0 Å². The Kier molecular flexibility index (Phi) is 3.38.